The van der Waals surface area contributed by atoms with Gasteiger partial charge in [0.1, 0.15) is 0 Å². The van der Waals surface area contributed by atoms with E-state index in [4.69, 9.17) is 5.73 Å². The molecule has 3 nitrogen and oxygen atoms in total. The summed E-state index contributed by atoms with van der Waals surface area (Å²) < 4.78 is 0. The number of rotatable bonds is 4. The van der Waals surface area contributed by atoms with Gasteiger partial charge in [-0.3, -0.25) is 4.79 Å². The smallest absolute Gasteiger partial charge is 0.224 e. The lowest BCUT2D eigenvalue weighted by atomic mass is 10.1. The molecule has 0 spiro atoms. The number of carbonyl (C=O) groups is 1. The molecular formula is C14H16N2O. The third-order valence-electron chi connectivity index (χ3n) is 2.65. The number of nitrogens with one attached hydrogen (secondary N) is 1. The maximum Gasteiger partial charge on any atom is 0.224 e. The highest BCUT2D eigenvalue weighted by atomic mass is 16.1. The summed E-state index contributed by atoms with van der Waals surface area (Å²) in [6.07, 6.45) is 0.408. The summed E-state index contributed by atoms with van der Waals surface area (Å²) in [5.41, 5.74) is 6.36. The molecule has 0 aliphatic heterocycles. The first-order valence-corrected chi connectivity index (χ1v) is 5.74. The topological polar surface area (TPSA) is 55.1 Å². The maximum atomic E-state index is 11.5. The number of hydrogen-bond donors (Lipinski definition) is 2. The van der Waals surface area contributed by atoms with Crippen molar-refractivity contribution in [3.8, 4) is 0 Å². The molecule has 0 bridgehead atoms. The SMILES string of the molecule is NCCNC(=O)Cc1ccc2ccccc2c1. The van der Waals surface area contributed by atoms with Gasteiger partial charge in [0.25, 0.3) is 0 Å². The Morgan fingerprint density at radius 2 is 1.88 bits per heavy atom. The summed E-state index contributed by atoms with van der Waals surface area (Å²) in [5, 5.41) is 5.12. The van der Waals surface area contributed by atoms with E-state index < -0.39 is 0 Å². The zero-order valence-electron chi connectivity index (χ0n) is 9.65. The van der Waals surface area contributed by atoms with Crippen LogP contribution in [0.2, 0.25) is 0 Å². The number of nitrogens with two attached hydrogens (primary N) is 1. The van der Waals surface area contributed by atoms with Crippen molar-refractivity contribution in [2.24, 2.45) is 5.73 Å². The van der Waals surface area contributed by atoms with Crippen LogP contribution in [0, 0.1) is 0 Å². The fourth-order valence-corrected chi connectivity index (χ4v) is 1.81. The molecule has 0 aliphatic rings. The summed E-state index contributed by atoms with van der Waals surface area (Å²) in [6, 6.07) is 14.2. The molecule has 2 aromatic carbocycles. The highest BCUT2D eigenvalue weighted by Gasteiger charge is 2.02. The molecular weight excluding hydrogens is 212 g/mol. The molecule has 0 aliphatic carbocycles. The lowest BCUT2D eigenvalue weighted by Crippen LogP contribution is -2.30. The minimum Gasteiger partial charge on any atom is -0.355 e. The lowest BCUT2D eigenvalue weighted by molar-refractivity contribution is -0.120. The number of carbonyl (C=O) groups excluding carboxylic acids is 1. The minimum atomic E-state index is 0.0192. The first kappa shape index (κ1) is 11.6. The van der Waals surface area contributed by atoms with Crippen LogP contribution >= 0.6 is 0 Å². The van der Waals surface area contributed by atoms with E-state index in [0.29, 0.717) is 19.5 Å². The Kier molecular flexibility index (Phi) is 3.73. The van der Waals surface area contributed by atoms with Crippen LogP contribution in [0.3, 0.4) is 0 Å². The van der Waals surface area contributed by atoms with Crippen molar-refractivity contribution in [2.75, 3.05) is 13.1 Å². The van der Waals surface area contributed by atoms with Crippen molar-refractivity contribution in [3.05, 3.63) is 48.0 Å². The molecule has 0 atom stereocenters. The van der Waals surface area contributed by atoms with Crippen molar-refractivity contribution in [3.63, 3.8) is 0 Å². The van der Waals surface area contributed by atoms with E-state index in [1.807, 2.05) is 24.3 Å². The number of benzene rings is 2. The van der Waals surface area contributed by atoms with E-state index in [2.05, 4.69) is 23.5 Å². The lowest BCUT2D eigenvalue weighted by Gasteiger charge is -2.05. The van der Waals surface area contributed by atoms with Gasteiger partial charge in [-0.2, -0.15) is 0 Å². The maximum absolute atomic E-state index is 11.5. The number of hydrogen-bond acceptors (Lipinski definition) is 2. The second kappa shape index (κ2) is 5.46. The van der Waals surface area contributed by atoms with Gasteiger partial charge < -0.3 is 11.1 Å². The summed E-state index contributed by atoms with van der Waals surface area (Å²) in [5.74, 6) is 0.0192. The van der Waals surface area contributed by atoms with Gasteiger partial charge in [0, 0.05) is 13.1 Å². The van der Waals surface area contributed by atoms with Gasteiger partial charge in [-0.1, -0.05) is 42.5 Å². The van der Waals surface area contributed by atoms with E-state index in [0.717, 1.165) is 10.9 Å². The summed E-state index contributed by atoms with van der Waals surface area (Å²) in [4.78, 5) is 11.5. The van der Waals surface area contributed by atoms with E-state index in [1.165, 1.54) is 5.39 Å². The van der Waals surface area contributed by atoms with E-state index in [9.17, 15) is 4.79 Å². The largest absolute Gasteiger partial charge is 0.355 e. The Morgan fingerprint density at radius 1 is 1.12 bits per heavy atom. The van der Waals surface area contributed by atoms with E-state index >= 15 is 0 Å². The standard InChI is InChI=1S/C14H16N2O/c15-7-8-16-14(17)10-11-5-6-12-3-1-2-4-13(12)9-11/h1-6,9H,7-8,10,15H2,(H,16,17). The molecule has 0 aromatic heterocycles. The van der Waals surface area contributed by atoms with Gasteiger partial charge in [-0.25, -0.2) is 0 Å². The van der Waals surface area contributed by atoms with Gasteiger partial charge >= 0.3 is 0 Å². The molecule has 0 heterocycles. The molecule has 3 N–H and O–H groups in total. The molecule has 88 valence electrons. The Hall–Kier alpha value is -1.87. The summed E-state index contributed by atoms with van der Waals surface area (Å²) in [7, 11) is 0. The van der Waals surface area contributed by atoms with Gasteiger partial charge in [0.05, 0.1) is 6.42 Å². The van der Waals surface area contributed by atoms with Crippen LogP contribution in [-0.4, -0.2) is 19.0 Å². The van der Waals surface area contributed by atoms with Gasteiger partial charge in [-0.15, -0.1) is 0 Å². The quantitative estimate of drug-likeness (QED) is 0.832. The molecule has 0 unspecified atom stereocenters. The normalized spacial score (nSPS) is 10.4. The van der Waals surface area contributed by atoms with Crippen molar-refractivity contribution < 1.29 is 4.79 Å². The number of amides is 1. The highest BCUT2D eigenvalue weighted by molar-refractivity contribution is 5.85. The van der Waals surface area contributed by atoms with Crippen molar-refractivity contribution >= 4 is 16.7 Å². The second-order valence-electron chi connectivity index (χ2n) is 4.00. The van der Waals surface area contributed by atoms with Crippen LogP contribution in [0.1, 0.15) is 5.56 Å². The van der Waals surface area contributed by atoms with Crippen molar-refractivity contribution in [2.45, 2.75) is 6.42 Å². The summed E-state index contributed by atoms with van der Waals surface area (Å²) >= 11 is 0. The Balaban J connectivity index is 2.11. The molecule has 2 rings (SSSR count). The molecule has 0 saturated heterocycles. The van der Waals surface area contributed by atoms with E-state index in [1.54, 1.807) is 0 Å². The minimum absolute atomic E-state index is 0.0192. The molecule has 1 amide bonds. The van der Waals surface area contributed by atoms with E-state index in [-0.39, 0.29) is 5.91 Å². The first-order valence-electron chi connectivity index (χ1n) is 5.74. The predicted octanol–water partition coefficient (Wildman–Crippen LogP) is 1.46. The Bertz CT molecular complexity index is 522. The molecule has 3 heteroatoms. The monoisotopic (exact) mass is 228 g/mol. The van der Waals surface area contributed by atoms with Crippen LogP contribution in [0.5, 0.6) is 0 Å². The van der Waals surface area contributed by atoms with Crippen LogP contribution in [0.15, 0.2) is 42.5 Å². The van der Waals surface area contributed by atoms with Crippen LogP contribution in [-0.2, 0) is 11.2 Å². The molecule has 0 fully saturated rings. The average Bonchev–Trinajstić information content (AvgIpc) is 2.36. The highest BCUT2D eigenvalue weighted by Crippen LogP contribution is 2.15. The third-order valence-corrected chi connectivity index (χ3v) is 2.65. The predicted molar refractivity (Wildman–Crippen MR) is 69.7 cm³/mol. The molecule has 17 heavy (non-hydrogen) atoms. The fraction of sp³-hybridized carbons (Fsp3) is 0.214. The Labute approximate surface area is 101 Å². The zero-order chi connectivity index (χ0) is 12.1. The van der Waals surface area contributed by atoms with Crippen LogP contribution in [0.4, 0.5) is 0 Å². The van der Waals surface area contributed by atoms with Gasteiger partial charge in [0.2, 0.25) is 5.91 Å². The van der Waals surface area contributed by atoms with Crippen molar-refractivity contribution in [1.82, 2.24) is 5.32 Å². The first-order chi connectivity index (χ1) is 8.29. The second-order valence-corrected chi connectivity index (χ2v) is 4.00. The fourth-order valence-electron chi connectivity index (χ4n) is 1.81. The van der Waals surface area contributed by atoms with Gasteiger partial charge in [0.15, 0.2) is 0 Å². The van der Waals surface area contributed by atoms with Crippen LogP contribution < -0.4 is 11.1 Å². The van der Waals surface area contributed by atoms with Crippen molar-refractivity contribution in [1.29, 1.82) is 0 Å². The number of fused-ring (bicyclic) bond motifs is 1. The molecule has 0 radical (unpaired) electrons. The third kappa shape index (κ3) is 3.04. The summed E-state index contributed by atoms with van der Waals surface area (Å²) in [6.45, 7) is 1.01. The zero-order valence-corrected chi connectivity index (χ0v) is 9.65. The molecule has 0 saturated carbocycles. The molecule has 2 aromatic rings. The average molecular weight is 228 g/mol. The van der Waals surface area contributed by atoms with Gasteiger partial charge in [-0.05, 0) is 16.3 Å². The Morgan fingerprint density at radius 3 is 2.65 bits per heavy atom. The van der Waals surface area contributed by atoms with Crippen LogP contribution in [0.25, 0.3) is 10.8 Å².